The molecule has 0 saturated carbocycles. The van der Waals surface area contributed by atoms with Gasteiger partial charge in [-0.25, -0.2) is 0 Å². The van der Waals surface area contributed by atoms with E-state index in [2.05, 4.69) is 39.5 Å². The molecule has 5 rings (SSSR count). The lowest BCUT2D eigenvalue weighted by molar-refractivity contribution is -0.277. The van der Waals surface area contributed by atoms with Crippen LogP contribution in [-0.2, 0) is 14.3 Å². The molecule has 1 fully saturated rings. The molecule has 9 nitrogen and oxygen atoms in total. The molecule has 2 heterocycles. The van der Waals surface area contributed by atoms with Gasteiger partial charge in [0.2, 0.25) is 6.29 Å². The zero-order chi connectivity index (χ0) is 29.1. The maximum absolute atomic E-state index is 13.7. The highest BCUT2D eigenvalue weighted by atomic mass is 16.7. The fourth-order valence-corrected chi connectivity index (χ4v) is 6.80. The van der Waals surface area contributed by atoms with Crippen LogP contribution in [0.25, 0.3) is 0 Å². The van der Waals surface area contributed by atoms with Gasteiger partial charge in [-0.3, -0.25) is 9.59 Å². The van der Waals surface area contributed by atoms with Crippen molar-refractivity contribution in [1.29, 1.82) is 0 Å². The second kappa shape index (κ2) is 10.4. The molecule has 0 bridgehead atoms. The normalized spacial score (nSPS) is 32.2. The highest BCUT2D eigenvalue weighted by Crippen LogP contribution is 2.54. The van der Waals surface area contributed by atoms with Crippen LogP contribution in [0.15, 0.2) is 46.8 Å². The molecule has 4 aliphatic rings. The van der Waals surface area contributed by atoms with E-state index >= 15 is 0 Å². The van der Waals surface area contributed by atoms with Crippen LogP contribution < -0.4 is 4.74 Å². The van der Waals surface area contributed by atoms with Gasteiger partial charge in [-0.2, -0.15) is 0 Å². The summed E-state index contributed by atoms with van der Waals surface area (Å²) in [7, 11) is 0. The summed E-state index contributed by atoms with van der Waals surface area (Å²) < 4.78 is 11.3. The molecule has 218 valence electrons. The van der Waals surface area contributed by atoms with Crippen molar-refractivity contribution < 1.29 is 39.5 Å². The van der Waals surface area contributed by atoms with Crippen LogP contribution in [0.2, 0.25) is 0 Å². The Morgan fingerprint density at radius 3 is 1.85 bits per heavy atom. The van der Waals surface area contributed by atoms with E-state index in [-0.39, 0.29) is 22.4 Å². The van der Waals surface area contributed by atoms with Gasteiger partial charge in [0.15, 0.2) is 11.6 Å². The van der Waals surface area contributed by atoms with Gasteiger partial charge < -0.3 is 34.8 Å². The van der Waals surface area contributed by atoms with E-state index in [0.29, 0.717) is 36.3 Å². The molecule has 0 radical (unpaired) electrons. The average molecular weight is 556 g/mol. The topological polar surface area (TPSA) is 137 Å². The van der Waals surface area contributed by atoms with Gasteiger partial charge in [-0.1, -0.05) is 39.8 Å². The Hall–Kier alpha value is -2.56. The number of ether oxygens (including phenoxy) is 2. The van der Waals surface area contributed by atoms with E-state index in [1.807, 2.05) is 12.1 Å². The third-order valence-electron chi connectivity index (χ3n) is 8.65. The molecule has 2 aliphatic heterocycles. The highest BCUT2D eigenvalue weighted by Gasteiger charge is 2.49. The lowest BCUT2D eigenvalue weighted by Crippen LogP contribution is -2.60. The number of aliphatic hydroxyl groups excluding tert-OH is 4. The second-order valence-corrected chi connectivity index (χ2v) is 13.2. The summed E-state index contributed by atoms with van der Waals surface area (Å²) >= 11 is 0. The van der Waals surface area contributed by atoms with E-state index in [0.717, 1.165) is 29.8 Å². The summed E-state index contributed by atoms with van der Waals surface area (Å²) in [6.45, 7) is 10.7. The van der Waals surface area contributed by atoms with Crippen molar-refractivity contribution in [2.75, 3.05) is 13.2 Å². The van der Waals surface area contributed by atoms with Gasteiger partial charge in [-0.05, 0) is 48.3 Å². The van der Waals surface area contributed by atoms with Crippen molar-refractivity contribution in [3.63, 3.8) is 0 Å². The van der Waals surface area contributed by atoms with Crippen LogP contribution in [-0.4, -0.2) is 80.8 Å². The number of hydrogen-bond donors (Lipinski definition) is 4. The lowest BCUT2D eigenvalue weighted by Gasteiger charge is -2.48. The number of carbonyl (C=O) groups excluding carboxylic acids is 2. The predicted octanol–water partition coefficient (Wildman–Crippen LogP) is 2.57. The molecule has 4 N–H and O–H groups in total. The quantitative estimate of drug-likeness (QED) is 0.432. The fraction of sp³-hybridized carbons (Fsp3) is 0.613. The molecule has 5 atom stereocenters. The zero-order valence-electron chi connectivity index (χ0n) is 23.9. The second-order valence-electron chi connectivity index (χ2n) is 13.2. The van der Waals surface area contributed by atoms with Crippen molar-refractivity contribution in [2.24, 2.45) is 10.8 Å². The molecule has 1 aromatic rings. The highest BCUT2D eigenvalue weighted by molar-refractivity contribution is 6.06. The standard InChI is InChI=1S/C31H41NO8/c1-6-32-18-11-30(2,3)13-20(34)24(18)23(25-19(32)12-31(4,5)14-21(25)35)16-7-9-17(10-8-16)39-29-28(38)27(37)26(36)22(15-33)40-29/h7-10,22-23,26-29,33,36-38H,6,11-15H2,1-5H3/t22-,26-,27-,28-,29-/m1/s1. The van der Waals surface area contributed by atoms with Crippen molar-refractivity contribution in [1.82, 2.24) is 4.90 Å². The van der Waals surface area contributed by atoms with E-state index in [1.165, 1.54) is 0 Å². The monoisotopic (exact) mass is 555 g/mol. The van der Waals surface area contributed by atoms with Gasteiger partial charge in [0.1, 0.15) is 30.2 Å². The van der Waals surface area contributed by atoms with Crippen LogP contribution >= 0.6 is 0 Å². The van der Waals surface area contributed by atoms with Crippen molar-refractivity contribution in [3.8, 4) is 5.75 Å². The SMILES string of the molecule is CCN1C2=C(C(=O)CC(C)(C)C2)C(c2ccc(O[C@@H]3O[C@H](CO)[C@@H](O)[C@@H](O)[C@H]3O)cc2)C2=C1CC(C)(C)CC2=O. The van der Waals surface area contributed by atoms with Crippen LogP contribution in [0.4, 0.5) is 0 Å². The van der Waals surface area contributed by atoms with Crippen LogP contribution in [0, 0.1) is 10.8 Å². The average Bonchev–Trinajstić information content (AvgIpc) is 2.87. The van der Waals surface area contributed by atoms with Gasteiger partial charge in [0, 0.05) is 47.8 Å². The number of nitrogens with zero attached hydrogens (tertiary/aromatic N) is 1. The van der Waals surface area contributed by atoms with Crippen LogP contribution in [0.1, 0.15) is 71.8 Å². The van der Waals surface area contributed by atoms with E-state index in [9.17, 15) is 30.0 Å². The molecular formula is C31H41NO8. The molecule has 0 amide bonds. The maximum Gasteiger partial charge on any atom is 0.229 e. The Labute approximate surface area is 235 Å². The maximum atomic E-state index is 13.7. The molecule has 0 unspecified atom stereocenters. The molecule has 9 heteroatoms. The van der Waals surface area contributed by atoms with E-state index in [4.69, 9.17) is 9.47 Å². The zero-order valence-corrected chi connectivity index (χ0v) is 23.9. The number of Topliss-reactive ketones (excluding diaryl/α,β-unsaturated/α-hetero) is 2. The first kappa shape index (κ1) is 29.0. The minimum atomic E-state index is -1.54. The Morgan fingerprint density at radius 1 is 0.850 bits per heavy atom. The molecule has 1 aromatic carbocycles. The van der Waals surface area contributed by atoms with Gasteiger partial charge >= 0.3 is 0 Å². The van der Waals surface area contributed by atoms with E-state index < -0.39 is 43.2 Å². The molecule has 0 spiro atoms. The smallest absolute Gasteiger partial charge is 0.229 e. The fourth-order valence-electron chi connectivity index (χ4n) is 6.80. The predicted molar refractivity (Wildman–Crippen MR) is 146 cm³/mol. The van der Waals surface area contributed by atoms with Crippen LogP contribution in [0.3, 0.4) is 0 Å². The van der Waals surface area contributed by atoms with E-state index in [1.54, 1.807) is 12.1 Å². The number of carbonyl (C=O) groups is 2. The van der Waals surface area contributed by atoms with Gasteiger partial charge in [0.25, 0.3) is 0 Å². The number of hydrogen-bond acceptors (Lipinski definition) is 9. The Kier molecular flexibility index (Phi) is 7.50. The third kappa shape index (κ3) is 5.03. The van der Waals surface area contributed by atoms with Crippen molar-refractivity contribution in [3.05, 3.63) is 52.4 Å². The number of ketones is 2. The first-order valence-corrected chi connectivity index (χ1v) is 14.1. The number of aliphatic hydroxyl groups is 4. The summed E-state index contributed by atoms with van der Waals surface area (Å²) in [5.41, 5.74) is 3.88. The number of benzene rings is 1. The summed E-state index contributed by atoms with van der Waals surface area (Å²) in [5, 5.41) is 40.0. The van der Waals surface area contributed by atoms with Crippen molar-refractivity contribution >= 4 is 11.6 Å². The minimum Gasteiger partial charge on any atom is -0.462 e. The molecular weight excluding hydrogens is 514 g/mol. The van der Waals surface area contributed by atoms with Crippen molar-refractivity contribution in [2.45, 2.75) is 96.9 Å². The minimum absolute atomic E-state index is 0.0699. The lowest BCUT2D eigenvalue weighted by atomic mass is 9.63. The largest absolute Gasteiger partial charge is 0.462 e. The Morgan fingerprint density at radius 2 is 1.38 bits per heavy atom. The number of allylic oxidation sites excluding steroid dienone is 4. The Balaban J connectivity index is 1.53. The molecule has 1 saturated heterocycles. The third-order valence-corrected chi connectivity index (χ3v) is 8.65. The summed E-state index contributed by atoms with van der Waals surface area (Å²) in [6, 6.07) is 7.00. The first-order valence-electron chi connectivity index (χ1n) is 14.1. The van der Waals surface area contributed by atoms with Gasteiger partial charge in [-0.15, -0.1) is 0 Å². The van der Waals surface area contributed by atoms with Crippen LogP contribution in [0.5, 0.6) is 5.75 Å². The first-order chi connectivity index (χ1) is 18.8. The summed E-state index contributed by atoms with van der Waals surface area (Å²) in [6.07, 6.45) is -4.59. The molecule has 0 aromatic heterocycles. The summed E-state index contributed by atoms with van der Waals surface area (Å²) in [4.78, 5) is 29.7. The molecule has 40 heavy (non-hydrogen) atoms. The molecule has 2 aliphatic carbocycles. The Bertz CT molecular complexity index is 1190. The number of rotatable bonds is 5. The summed E-state index contributed by atoms with van der Waals surface area (Å²) in [5.74, 6) is -0.00273. The van der Waals surface area contributed by atoms with Gasteiger partial charge in [0.05, 0.1) is 6.61 Å².